The van der Waals surface area contributed by atoms with Crippen molar-refractivity contribution in [1.29, 1.82) is 5.26 Å². The van der Waals surface area contributed by atoms with Crippen LogP contribution in [0.4, 0.5) is 0 Å². The molecule has 0 saturated carbocycles. The normalized spacial score (nSPS) is 8.92. The largest absolute Gasteiger partial charge is 0.465 e. The Morgan fingerprint density at radius 2 is 2.38 bits per heavy atom. The minimum absolute atomic E-state index is 0.243. The van der Waals surface area contributed by atoms with E-state index in [2.05, 4.69) is 9.72 Å². The van der Waals surface area contributed by atoms with Gasteiger partial charge in [0.15, 0.2) is 0 Å². The van der Waals surface area contributed by atoms with E-state index >= 15 is 0 Å². The SMILES string of the molecule is COC(=O)c1cc(C#N)[nH]c(=S)c1. The fourth-order valence-corrected chi connectivity index (χ4v) is 1.08. The molecule has 0 radical (unpaired) electrons. The van der Waals surface area contributed by atoms with Crippen molar-refractivity contribution in [3.8, 4) is 6.07 Å². The number of aromatic nitrogens is 1. The standard InChI is InChI=1S/C8H6N2O2S/c1-12-8(11)5-2-6(4-9)10-7(13)3-5/h2-3H,1H3,(H,10,13). The van der Waals surface area contributed by atoms with Crippen molar-refractivity contribution in [2.75, 3.05) is 7.11 Å². The molecule has 1 heterocycles. The average molecular weight is 194 g/mol. The molecule has 0 amide bonds. The van der Waals surface area contributed by atoms with Gasteiger partial charge in [0.25, 0.3) is 0 Å². The molecule has 0 aliphatic rings. The van der Waals surface area contributed by atoms with Gasteiger partial charge >= 0.3 is 5.97 Å². The number of nitrogens with zero attached hydrogens (tertiary/aromatic N) is 1. The maximum absolute atomic E-state index is 11.0. The summed E-state index contributed by atoms with van der Waals surface area (Å²) in [6.45, 7) is 0. The molecule has 0 bridgehead atoms. The van der Waals surface area contributed by atoms with Gasteiger partial charge < -0.3 is 9.72 Å². The molecule has 0 aromatic carbocycles. The minimum atomic E-state index is -0.503. The smallest absolute Gasteiger partial charge is 0.338 e. The Labute approximate surface area is 79.8 Å². The second kappa shape index (κ2) is 3.83. The highest BCUT2D eigenvalue weighted by Gasteiger charge is 2.06. The van der Waals surface area contributed by atoms with Crippen LogP contribution in [-0.2, 0) is 4.74 Å². The summed E-state index contributed by atoms with van der Waals surface area (Å²) in [4.78, 5) is 13.7. The van der Waals surface area contributed by atoms with Crippen molar-refractivity contribution in [3.05, 3.63) is 28.0 Å². The fourth-order valence-electron chi connectivity index (χ4n) is 0.839. The Morgan fingerprint density at radius 3 is 2.92 bits per heavy atom. The zero-order valence-corrected chi connectivity index (χ0v) is 7.64. The Balaban J connectivity index is 3.26. The number of carbonyl (C=O) groups is 1. The van der Waals surface area contributed by atoms with Crippen LogP contribution in [0, 0.1) is 16.0 Å². The molecule has 1 rings (SSSR count). The number of aromatic amines is 1. The van der Waals surface area contributed by atoms with Crippen molar-refractivity contribution < 1.29 is 9.53 Å². The Hall–Kier alpha value is -1.67. The maximum Gasteiger partial charge on any atom is 0.338 e. The molecule has 1 aromatic heterocycles. The number of nitriles is 1. The lowest BCUT2D eigenvalue weighted by Crippen LogP contribution is -2.02. The molecule has 0 unspecified atom stereocenters. The summed E-state index contributed by atoms with van der Waals surface area (Å²) in [5.41, 5.74) is 0.524. The molecule has 66 valence electrons. The minimum Gasteiger partial charge on any atom is -0.465 e. The molecule has 0 aliphatic heterocycles. The fraction of sp³-hybridized carbons (Fsp3) is 0.125. The number of hydrogen-bond acceptors (Lipinski definition) is 4. The van der Waals surface area contributed by atoms with E-state index in [-0.39, 0.29) is 11.3 Å². The first-order valence-corrected chi connectivity index (χ1v) is 3.81. The summed E-state index contributed by atoms with van der Waals surface area (Å²) in [6, 6.07) is 4.69. The third kappa shape index (κ3) is 2.13. The first-order chi connectivity index (χ1) is 6.17. The second-order valence-electron chi connectivity index (χ2n) is 2.25. The van der Waals surface area contributed by atoms with Gasteiger partial charge in [-0.25, -0.2) is 4.79 Å². The number of pyridine rings is 1. The highest BCUT2D eigenvalue weighted by atomic mass is 32.1. The number of ether oxygens (including phenoxy) is 1. The van der Waals surface area contributed by atoms with E-state index in [1.165, 1.54) is 19.2 Å². The van der Waals surface area contributed by atoms with Crippen LogP contribution in [0.3, 0.4) is 0 Å². The third-order valence-electron chi connectivity index (χ3n) is 1.39. The van der Waals surface area contributed by atoms with Gasteiger partial charge in [0.1, 0.15) is 16.4 Å². The van der Waals surface area contributed by atoms with Crippen LogP contribution in [0.2, 0.25) is 0 Å². The van der Waals surface area contributed by atoms with Crippen molar-refractivity contribution in [1.82, 2.24) is 4.98 Å². The third-order valence-corrected chi connectivity index (χ3v) is 1.61. The highest BCUT2D eigenvalue weighted by molar-refractivity contribution is 7.71. The number of methoxy groups -OCH3 is 1. The summed E-state index contributed by atoms with van der Waals surface area (Å²) >= 11 is 4.81. The van der Waals surface area contributed by atoms with Crippen LogP contribution in [0.1, 0.15) is 16.1 Å². The van der Waals surface area contributed by atoms with Crippen molar-refractivity contribution in [2.24, 2.45) is 0 Å². The van der Waals surface area contributed by atoms with Gasteiger partial charge in [0.05, 0.1) is 12.7 Å². The lowest BCUT2D eigenvalue weighted by atomic mass is 10.2. The molecule has 0 spiro atoms. The molecule has 0 fully saturated rings. The van der Waals surface area contributed by atoms with Gasteiger partial charge in [-0.2, -0.15) is 5.26 Å². The van der Waals surface area contributed by atoms with Crippen LogP contribution >= 0.6 is 12.2 Å². The van der Waals surface area contributed by atoms with E-state index in [1.807, 2.05) is 6.07 Å². The Morgan fingerprint density at radius 1 is 1.69 bits per heavy atom. The van der Waals surface area contributed by atoms with E-state index in [1.54, 1.807) is 0 Å². The van der Waals surface area contributed by atoms with Gasteiger partial charge in [-0.15, -0.1) is 0 Å². The quantitative estimate of drug-likeness (QED) is 0.542. The molecule has 1 aromatic rings. The molecule has 1 N–H and O–H groups in total. The topological polar surface area (TPSA) is 65.9 Å². The average Bonchev–Trinajstić information content (AvgIpc) is 2.15. The van der Waals surface area contributed by atoms with Crippen LogP contribution < -0.4 is 0 Å². The Bertz CT molecular complexity index is 431. The highest BCUT2D eigenvalue weighted by Crippen LogP contribution is 2.03. The zero-order valence-electron chi connectivity index (χ0n) is 6.83. The van der Waals surface area contributed by atoms with Gasteiger partial charge in [-0.1, -0.05) is 12.2 Å². The number of nitrogens with one attached hydrogen (secondary N) is 1. The van der Waals surface area contributed by atoms with Crippen LogP contribution in [-0.4, -0.2) is 18.1 Å². The second-order valence-corrected chi connectivity index (χ2v) is 2.69. The number of esters is 1. The Kier molecular flexibility index (Phi) is 2.77. The van der Waals surface area contributed by atoms with Crippen LogP contribution in [0.15, 0.2) is 12.1 Å². The van der Waals surface area contributed by atoms with Crippen molar-refractivity contribution in [2.45, 2.75) is 0 Å². The summed E-state index contributed by atoms with van der Waals surface area (Å²) in [5.74, 6) is -0.503. The molecule has 0 atom stereocenters. The lowest BCUT2D eigenvalue weighted by molar-refractivity contribution is 0.0600. The number of rotatable bonds is 1. The summed E-state index contributed by atoms with van der Waals surface area (Å²) < 4.78 is 4.82. The van der Waals surface area contributed by atoms with Crippen LogP contribution in [0.25, 0.3) is 0 Å². The van der Waals surface area contributed by atoms with Gasteiger partial charge in [0.2, 0.25) is 0 Å². The first-order valence-electron chi connectivity index (χ1n) is 3.40. The van der Waals surface area contributed by atoms with Crippen molar-refractivity contribution in [3.63, 3.8) is 0 Å². The summed E-state index contributed by atoms with van der Waals surface area (Å²) in [7, 11) is 1.27. The lowest BCUT2D eigenvalue weighted by Gasteiger charge is -1.98. The predicted molar refractivity (Wildman–Crippen MR) is 47.7 cm³/mol. The predicted octanol–water partition coefficient (Wildman–Crippen LogP) is 1.40. The number of H-pyrrole nitrogens is 1. The number of hydrogen-bond donors (Lipinski definition) is 1. The van der Waals surface area contributed by atoms with E-state index in [4.69, 9.17) is 17.5 Å². The zero-order chi connectivity index (χ0) is 9.84. The van der Waals surface area contributed by atoms with E-state index in [0.717, 1.165) is 0 Å². The van der Waals surface area contributed by atoms with E-state index in [0.29, 0.717) is 4.64 Å². The molecular formula is C8H6N2O2S. The van der Waals surface area contributed by atoms with Gasteiger partial charge in [-0.3, -0.25) is 0 Å². The molecule has 4 nitrogen and oxygen atoms in total. The molecule has 0 saturated heterocycles. The molecule has 13 heavy (non-hydrogen) atoms. The van der Waals surface area contributed by atoms with Crippen molar-refractivity contribution >= 4 is 18.2 Å². The molecule has 5 heteroatoms. The maximum atomic E-state index is 11.0. The first kappa shape index (κ1) is 9.42. The van der Waals surface area contributed by atoms with E-state index in [9.17, 15) is 4.79 Å². The summed E-state index contributed by atoms with van der Waals surface area (Å²) in [5, 5.41) is 8.56. The van der Waals surface area contributed by atoms with Gasteiger partial charge in [-0.05, 0) is 12.1 Å². The van der Waals surface area contributed by atoms with Crippen LogP contribution in [0.5, 0.6) is 0 Å². The molecule has 0 aliphatic carbocycles. The van der Waals surface area contributed by atoms with E-state index < -0.39 is 5.97 Å². The monoisotopic (exact) mass is 194 g/mol. The molecular weight excluding hydrogens is 188 g/mol. The number of carbonyl (C=O) groups excluding carboxylic acids is 1. The summed E-state index contributed by atoms with van der Waals surface area (Å²) in [6.07, 6.45) is 0. The van der Waals surface area contributed by atoms with Gasteiger partial charge in [0, 0.05) is 0 Å².